The standard InChI is InChI=1S/C14H18N2O/c1-10-5-7-11(8-6-10)14(15)12(9-17)13(14,2)16(3)4/h5-8H,15H2,1-4H3. The van der Waals surface area contributed by atoms with Gasteiger partial charge in [-0.05, 0) is 33.5 Å². The minimum absolute atomic E-state index is 0.427. The van der Waals surface area contributed by atoms with Gasteiger partial charge in [0.2, 0.25) is 0 Å². The Kier molecular flexibility index (Phi) is 2.51. The molecule has 0 saturated heterocycles. The molecule has 1 aliphatic rings. The number of hydrogen-bond acceptors (Lipinski definition) is 3. The van der Waals surface area contributed by atoms with Crippen molar-refractivity contribution in [1.29, 1.82) is 0 Å². The van der Waals surface area contributed by atoms with Crippen LogP contribution in [-0.2, 0) is 10.3 Å². The van der Waals surface area contributed by atoms with E-state index >= 15 is 0 Å². The Hall–Kier alpha value is -1.41. The molecular formula is C14H18N2O. The number of likely N-dealkylation sites (N-methyl/N-ethyl adjacent to an activating group) is 1. The monoisotopic (exact) mass is 230 g/mol. The molecule has 0 spiro atoms. The highest BCUT2D eigenvalue weighted by Crippen LogP contribution is 2.59. The van der Waals surface area contributed by atoms with Gasteiger partial charge in [0.1, 0.15) is 5.94 Å². The van der Waals surface area contributed by atoms with Gasteiger partial charge >= 0.3 is 0 Å². The van der Waals surface area contributed by atoms with E-state index < -0.39 is 11.1 Å². The number of nitrogens with two attached hydrogens (primary N) is 1. The van der Waals surface area contributed by atoms with E-state index in [2.05, 4.69) is 0 Å². The molecule has 3 nitrogen and oxygen atoms in total. The molecule has 1 aliphatic carbocycles. The predicted octanol–water partition coefficient (Wildman–Crippen LogP) is 1.24. The Bertz CT molecular complexity index is 499. The van der Waals surface area contributed by atoms with Crippen molar-refractivity contribution in [2.75, 3.05) is 14.1 Å². The van der Waals surface area contributed by atoms with E-state index in [4.69, 9.17) is 5.73 Å². The van der Waals surface area contributed by atoms with Crippen molar-refractivity contribution >= 4 is 5.94 Å². The lowest BCUT2D eigenvalue weighted by Gasteiger charge is -2.24. The van der Waals surface area contributed by atoms with E-state index in [-0.39, 0.29) is 0 Å². The summed E-state index contributed by atoms with van der Waals surface area (Å²) >= 11 is 0. The first-order valence-corrected chi connectivity index (χ1v) is 5.68. The summed E-state index contributed by atoms with van der Waals surface area (Å²) in [6.07, 6.45) is 0. The first kappa shape index (κ1) is 12.1. The second-order valence-electron chi connectivity index (χ2n) is 5.12. The summed E-state index contributed by atoms with van der Waals surface area (Å²) in [7, 11) is 3.86. The molecule has 17 heavy (non-hydrogen) atoms. The van der Waals surface area contributed by atoms with E-state index in [1.54, 1.807) is 0 Å². The molecule has 2 atom stereocenters. The van der Waals surface area contributed by atoms with Crippen LogP contribution in [0.25, 0.3) is 0 Å². The van der Waals surface area contributed by atoms with Crippen molar-refractivity contribution in [3.63, 3.8) is 0 Å². The van der Waals surface area contributed by atoms with Crippen LogP contribution in [0, 0.1) is 6.92 Å². The molecule has 3 heteroatoms. The quantitative estimate of drug-likeness (QED) is 0.778. The fourth-order valence-electron chi connectivity index (χ4n) is 2.54. The molecule has 0 aromatic heterocycles. The highest BCUT2D eigenvalue weighted by molar-refractivity contribution is 5.77. The van der Waals surface area contributed by atoms with Crippen molar-refractivity contribution in [3.8, 4) is 0 Å². The molecule has 1 aromatic rings. The predicted molar refractivity (Wildman–Crippen MR) is 68.3 cm³/mol. The van der Waals surface area contributed by atoms with Gasteiger partial charge in [-0.2, -0.15) is 0 Å². The van der Waals surface area contributed by atoms with Gasteiger partial charge < -0.3 is 5.73 Å². The molecule has 0 amide bonds. The van der Waals surface area contributed by atoms with Gasteiger partial charge in [0.15, 0.2) is 0 Å². The van der Waals surface area contributed by atoms with Crippen LogP contribution in [0.3, 0.4) is 0 Å². The van der Waals surface area contributed by atoms with Gasteiger partial charge in [0.05, 0.1) is 16.7 Å². The summed E-state index contributed by atoms with van der Waals surface area (Å²) in [6, 6.07) is 8.00. The van der Waals surface area contributed by atoms with E-state index in [1.165, 1.54) is 5.56 Å². The lowest BCUT2D eigenvalue weighted by molar-refractivity contribution is 0.264. The fourth-order valence-corrected chi connectivity index (χ4v) is 2.54. The van der Waals surface area contributed by atoms with Crippen molar-refractivity contribution in [2.24, 2.45) is 5.73 Å². The summed E-state index contributed by atoms with van der Waals surface area (Å²) in [4.78, 5) is 13.1. The molecule has 0 heterocycles. The van der Waals surface area contributed by atoms with Gasteiger partial charge in [-0.3, -0.25) is 4.90 Å². The van der Waals surface area contributed by atoms with Crippen LogP contribution in [0.4, 0.5) is 0 Å². The van der Waals surface area contributed by atoms with Crippen molar-refractivity contribution in [1.82, 2.24) is 4.90 Å². The average Bonchev–Trinajstić information content (AvgIpc) is 2.79. The minimum Gasteiger partial charge on any atom is -0.315 e. The Morgan fingerprint density at radius 2 is 1.76 bits per heavy atom. The highest BCUT2D eigenvalue weighted by atomic mass is 16.1. The first-order valence-electron chi connectivity index (χ1n) is 5.68. The molecular weight excluding hydrogens is 212 g/mol. The van der Waals surface area contributed by atoms with Crippen molar-refractivity contribution < 1.29 is 4.79 Å². The lowest BCUT2D eigenvalue weighted by atomic mass is 9.99. The smallest absolute Gasteiger partial charge is 0.128 e. The van der Waals surface area contributed by atoms with Crippen LogP contribution < -0.4 is 5.73 Å². The maximum atomic E-state index is 11.1. The third-order valence-corrected chi connectivity index (χ3v) is 4.09. The van der Waals surface area contributed by atoms with Crippen molar-refractivity contribution in [2.45, 2.75) is 24.9 Å². The van der Waals surface area contributed by atoms with Crippen LogP contribution in [0.2, 0.25) is 0 Å². The third-order valence-electron chi connectivity index (χ3n) is 4.09. The fraction of sp³-hybridized carbons (Fsp3) is 0.429. The van der Waals surface area contributed by atoms with Crippen molar-refractivity contribution in [3.05, 3.63) is 41.0 Å². The number of rotatable bonds is 2. The van der Waals surface area contributed by atoms with Gasteiger partial charge in [0, 0.05) is 0 Å². The van der Waals surface area contributed by atoms with Crippen LogP contribution in [-0.4, -0.2) is 30.5 Å². The zero-order valence-corrected chi connectivity index (χ0v) is 10.7. The molecule has 1 saturated carbocycles. The Balaban J connectivity index is 2.52. The summed E-state index contributed by atoms with van der Waals surface area (Å²) < 4.78 is 0. The van der Waals surface area contributed by atoms with E-state index in [0.717, 1.165) is 5.56 Å². The number of carbonyl (C=O) groups excluding carboxylic acids is 1. The zero-order chi connectivity index (χ0) is 12.8. The topological polar surface area (TPSA) is 46.3 Å². The molecule has 1 aromatic carbocycles. The molecule has 2 unspecified atom stereocenters. The van der Waals surface area contributed by atoms with E-state index in [0.29, 0.717) is 5.57 Å². The lowest BCUT2D eigenvalue weighted by Crippen LogP contribution is -2.40. The first-order chi connectivity index (χ1) is 7.89. The number of aryl methyl sites for hydroxylation is 1. The van der Waals surface area contributed by atoms with E-state index in [9.17, 15) is 4.79 Å². The molecule has 0 bridgehead atoms. The third kappa shape index (κ3) is 1.34. The molecule has 2 N–H and O–H groups in total. The summed E-state index contributed by atoms with van der Waals surface area (Å²) in [5.41, 5.74) is 8.06. The van der Waals surface area contributed by atoms with Gasteiger partial charge in [-0.1, -0.05) is 29.8 Å². The van der Waals surface area contributed by atoms with Crippen LogP contribution in [0.15, 0.2) is 29.8 Å². The Morgan fingerprint density at radius 1 is 1.24 bits per heavy atom. The van der Waals surface area contributed by atoms with Gasteiger partial charge in [-0.15, -0.1) is 0 Å². The molecule has 0 radical (unpaired) electrons. The number of nitrogens with zero attached hydrogens (tertiary/aromatic N) is 1. The summed E-state index contributed by atoms with van der Waals surface area (Å²) in [6.45, 7) is 4.01. The minimum atomic E-state index is -0.702. The maximum absolute atomic E-state index is 11.1. The number of benzene rings is 1. The Labute approximate surface area is 102 Å². The van der Waals surface area contributed by atoms with Crippen LogP contribution >= 0.6 is 0 Å². The van der Waals surface area contributed by atoms with E-state index in [1.807, 2.05) is 63.0 Å². The second-order valence-corrected chi connectivity index (χ2v) is 5.12. The summed E-state index contributed by atoms with van der Waals surface area (Å²) in [5.74, 6) is 2.01. The van der Waals surface area contributed by atoms with Crippen LogP contribution in [0.1, 0.15) is 18.1 Å². The maximum Gasteiger partial charge on any atom is 0.128 e. The summed E-state index contributed by atoms with van der Waals surface area (Å²) in [5, 5.41) is 0. The molecule has 1 fully saturated rings. The van der Waals surface area contributed by atoms with Crippen LogP contribution in [0.5, 0.6) is 0 Å². The average molecular weight is 230 g/mol. The Morgan fingerprint density at radius 3 is 2.12 bits per heavy atom. The molecule has 2 rings (SSSR count). The largest absolute Gasteiger partial charge is 0.315 e. The normalized spacial score (nSPS) is 31.5. The zero-order valence-electron chi connectivity index (χ0n) is 10.7. The second kappa shape index (κ2) is 3.54. The molecule has 0 aliphatic heterocycles. The SMILES string of the molecule is Cc1ccc(C2(N)C(=C=O)C2(C)N(C)C)cc1. The highest BCUT2D eigenvalue weighted by Gasteiger charge is 2.71. The van der Waals surface area contributed by atoms with Gasteiger partial charge in [0.25, 0.3) is 0 Å². The molecule has 90 valence electrons. The number of hydrogen-bond donors (Lipinski definition) is 1. The van der Waals surface area contributed by atoms with Gasteiger partial charge in [-0.25, -0.2) is 4.79 Å².